The van der Waals surface area contributed by atoms with E-state index >= 15 is 0 Å². The van der Waals surface area contributed by atoms with Crippen molar-refractivity contribution in [2.24, 2.45) is 5.73 Å². The maximum atomic E-state index is 10.8. The van der Waals surface area contributed by atoms with E-state index in [2.05, 4.69) is 0 Å². The first-order chi connectivity index (χ1) is 7.15. The van der Waals surface area contributed by atoms with Gasteiger partial charge in [-0.05, 0) is 5.56 Å². The van der Waals surface area contributed by atoms with Crippen molar-refractivity contribution in [3.05, 3.63) is 47.5 Å². The molecule has 0 heterocycles. The molecule has 76 valence electrons. The summed E-state index contributed by atoms with van der Waals surface area (Å²) >= 11 is 0. The van der Waals surface area contributed by atoms with Gasteiger partial charge in [-0.3, -0.25) is 4.79 Å². The van der Waals surface area contributed by atoms with E-state index in [0.29, 0.717) is 0 Å². The van der Waals surface area contributed by atoms with Crippen molar-refractivity contribution in [3.63, 3.8) is 0 Å². The minimum absolute atomic E-state index is 0.00588. The molecule has 1 aromatic rings. The Bertz CT molecular complexity index is 415. The first-order valence-electron chi connectivity index (χ1n) is 4.62. The van der Waals surface area contributed by atoms with Crippen LogP contribution in [0.3, 0.4) is 0 Å². The van der Waals surface area contributed by atoms with Crippen molar-refractivity contribution in [3.8, 4) is 6.07 Å². The van der Waals surface area contributed by atoms with Crippen LogP contribution in [0.25, 0.3) is 0 Å². The lowest BCUT2D eigenvalue weighted by Gasteiger charge is -2.06. The summed E-state index contributed by atoms with van der Waals surface area (Å²) in [4.78, 5) is 10.8. The topological polar surface area (TPSA) is 66.9 Å². The number of carbonyl (C=O) groups excluding carboxylic acids is 1. The van der Waals surface area contributed by atoms with E-state index < -0.39 is 5.91 Å². The van der Waals surface area contributed by atoms with Crippen molar-refractivity contribution in [2.45, 2.75) is 12.8 Å². The number of primary amides is 1. The zero-order valence-electron chi connectivity index (χ0n) is 8.47. The Labute approximate surface area is 88.8 Å². The fraction of sp³-hybridized carbons (Fsp3) is 0.167. The highest BCUT2D eigenvalue weighted by atomic mass is 16.1. The molecule has 1 atom stereocenters. The minimum atomic E-state index is -0.680. The molecule has 0 radical (unpaired) electrons. The number of hydrogen-bond donors (Lipinski definition) is 1. The quantitative estimate of drug-likeness (QED) is 0.596. The molecule has 0 bridgehead atoms. The number of carbonyl (C=O) groups is 1. The monoisotopic (exact) mass is 200 g/mol. The lowest BCUT2D eigenvalue weighted by Crippen LogP contribution is -2.13. The van der Waals surface area contributed by atoms with Gasteiger partial charge in [-0.25, -0.2) is 0 Å². The van der Waals surface area contributed by atoms with Gasteiger partial charge in [-0.1, -0.05) is 43.3 Å². The van der Waals surface area contributed by atoms with Gasteiger partial charge in [0.1, 0.15) is 11.6 Å². The second kappa shape index (κ2) is 4.97. The van der Waals surface area contributed by atoms with Crippen LogP contribution in [0.5, 0.6) is 0 Å². The molecule has 0 saturated heterocycles. The highest BCUT2D eigenvalue weighted by molar-refractivity contribution is 5.95. The van der Waals surface area contributed by atoms with Crippen molar-refractivity contribution in [1.29, 1.82) is 5.26 Å². The molecule has 0 aromatic heterocycles. The molecular formula is C12H12N2O. The zero-order valence-corrected chi connectivity index (χ0v) is 8.47. The smallest absolute Gasteiger partial charge is 0.259 e. The van der Waals surface area contributed by atoms with Crippen LogP contribution in [-0.2, 0) is 4.79 Å². The summed E-state index contributed by atoms with van der Waals surface area (Å²) in [5, 5.41) is 8.67. The van der Waals surface area contributed by atoms with Crippen LogP contribution in [0.1, 0.15) is 18.4 Å². The van der Waals surface area contributed by atoms with Gasteiger partial charge in [-0.2, -0.15) is 5.26 Å². The van der Waals surface area contributed by atoms with Crippen molar-refractivity contribution >= 4 is 5.91 Å². The maximum absolute atomic E-state index is 10.8. The molecule has 15 heavy (non-hydrogen) atoms. The van der Waals surface area contributed by atoms with Crippen LogP contribution in [-0.4, -0.2) is 5.91 Å². The van der Waals surface area contributed by atoms with Crippen LogP contribution in [0.4, 0.5) is 0 Å². The van der Waals surface area contributed by atoms with Gasteiger partial charge in [0, 0.05) is 5.92 Å². The fourth-order valence-corrected chi connectivity index (χ4v) is 1.28. The van der Waals surface area contributed by atoms with Gasteiger partial charge < -0.3 is 5.73 Å². The predicted octanol–water partition coefficient (Wildman–Crippen LogP) is 1.73. The summed E-state index contributed by atoms with van der Waals surface area (Å²) in [6, 6.07) is 11.4. The number of nitrogens with two attached hydrogens (primary N) is 1. The van der Waals surface area contributed by atoms with Crippen molar-refractivity contribution in [1.82, 2.24) is 0 Å². The number of benzene rings is 1. The number of amides is 1. The second-order valence-electron chi connectivity index (χ2n) is 3.26. The molecule has 0 aliphatic carbocycles. The standard InChI is InChI=1S/C12H12N2O/c1-9(7-11(8-13)12(14)15)10-5-3-2-4-6-10/h2-7,9H,1H3,(H2,14,15). The Kier molecular flexibility index (Phi) is 3.64. The number of rotatable bonds is 3. The van der Waals surface area contributed by atoms with Crippen LogP contribution in [0, 0.1) is 11.3 Å². The Morgan fingerprint density at radius 3 is 2.53 bits per heavy atom. The SMILES string of the molecule is CC(C=C(C#N)C(N)=O)c1ccccc1. The zero-order chi connectivity index (χ0) is 11.3. The van der Waals surface area contributed by atoms with Gasteiger partial charge in [0.05, 0.1) is 0 Å². The molecule has 0 aliphatic rings. The Morgan fingerprint density at radius 1 is 1.47 bits per heavy atom. The normalized spacial score (nSPS) is 12.9. The minimum Gasteiger partial charge on any atom is -0.365 e. The Morgan fingerprint density at radius 2 is 2.07 bits per heavy atom. The Balaban J connectivity index is 2.93. The van der Waals surface area contributed by atoms with Gasteiger partial charge in [-0.15, -0.1) is 0 Å². The third-order valence-corrected chi connectivity index (χ3v) is 2.13. The number of hydrogen-bond acceptors (Lipinski definition) is 2. The summed E-state index contributed by atoms with van der Waals surface area (Å²) in [5.74, 6) is -0.673. The lowest BCUT2D eigenvalue weighted by atomic mass is 9.99. The molecule has 0 spiro atoms. The number of allylic oxidation sites excluding steroid dienone is 1. The average Bonchev–Trinajstić information content (AvgIpc) is 2.26. The van der Waals surface area contributed by atoms with E-state index in [9.17, 15) is 4.79 Å². The first-order valence-corrected chi connectivity index (χ1v) is 4.62. The molecule has 1 unspecified atom stereocenters. The highest BCUT2D eigenvalue weighted by Crippen LogP contribution is 2.17. The summed E-state index contributed by atoms with van der Waals surface area (Å²) in [5.41, 5.74) is 6.10. The van der Waals surface area contributed by atoms with Crippen molar-refractivity contribution < 1.29 is 4.79 Å². The van der Waals surface area contributed by atoms with Crippen LogP contribution >= 0.6 is 0 Å². The average molecular weight is 200 g/mol. The highest BCUT2D eigenvalue weighted by Gasteiger charge is 2.07. The van der Waals surface area contributed by atoms with E-state index in [1.165, 1.54) is 0 Å². The van der Waals surface area contributed by atoms with E-state index in [0.717, 1.165) is 5.56 Å². The molecule has 0 aliphatic heterocycles. The van der Waals surface area contributed by atoms with E-state index in [1.54, 1.807) is 12.1 Å². The molecular weight excluding hydrogens is 188 g/mol. The number of nitrogens with zero attached hydrogens (tertiary/aromatic N) is 1. The third kappa shape index (κ3) is 2.96. The lowest BCUT2D eigenvalue weighted by molar-refractivity contribution is -0.114. The van der Waals surface area contributed by atoms with Gasteiger partial charge >= 0.3 is 0 Å². The van der Waals surface area contributed by atoms with E-state index in [-0.39, 0.29) is 11.5 Å². The van der Waals surface area contributed by atoms with Gasteiger partial charge in [0.25, 0.3) is 5.91 Å². The predicted molar refractivity (Wildman–Crippen MR) is 57.7 cm³/mol. The molecule has 1 aromatic carbocycles. The van der Waals surface area contributed by atoms with Crippen LogP contribution in [0.15, 0.2) is 42.0 Å². The molecule has 0 saturated carbocycles. The second-order valence-corrected chi connectivity index (χ2v) is 3.26. The van der Waals surface area contributed by atoms with E-state index in [4.69, 9.17) is 11.0 Å². The summed E-state index contributed by atoms with van der Waals surface area (Å²) in [7, 11) is 0. The molecule has 3 nitrogen and oxygen atoms in total. The molecule has 0 fully saturated rings. The summed E-state index contributed by atoms with van der Waals surface area (Å²) in [6.07, 6.45) is 1.58. The Hall–Kier alpha value is -2.08. The molecule has 3 heteroatoms. The van der Waals surface area contributed by atoms with Crippen molar-refractivity contribution in [2.75, 3.05) is 0 Å². The summed E-state index contributed by atoms with van der Waals surface area (Å²) < 4.78 is 0. The number of nitriles is 1. The third-order valence-electron chi connectivity index (χ3n) is 2.13. The van der Waals surface area contributed by atoms with Gasteiger partial charge in [0.15, 0.2) is 0 Å². The molecule has 1 amide bonds. The fourth-order valence-electron chi connectivity index (χ4n) is 1.28. The van der Waals surface area contributed by atoms with Gasteiger partial charge in [0.2, 0.25) is 0 Å². The summed E-state index contributed by atoms with van der Waals surface area (Å²) in [6.45, 7) is 1.91. The molecule has 2 N–H and O–H groups in total. The first kappa shape index (κ1) is 11.0. The van der Waals surface area contributed by atoms with E-state index in [1.807, 2.05) is 37.3 Å². The molecule has 1 rings (SSSR count). The van der Waals surface area contributed by atoms with Crippen LogP contribution < -0.4 is 5.73 Å². The largest absolute Gasteiger partial charge is 0.365 e. The maximum Gasteiger partial charge on any atom is 0.259 e. The van der Waals surface area contributed by atoms with Crippen LogP contribution in [0.2, 0.25) is 0 Å².